The number of hydrogen-bond donors (Lipinski definition) is 3. The van der Waals surface area contributed by atoms with E-state index in [9.17, 15) is 18.0 Å². The van der Waals surface area contributed by atoms with Crippen LogP contribution in [0.2, 0.25) is 0 Å². The number of hydrogen-bond acceptors (Lipinski definition) is 6. The number of aliphatic hydroxyl groups excluding tert-OH is 1. The number of carboxylic acid groups (broad SMARTS) is 1. The van der Waals surface area contributed by atoms with E-state index < -0.39 is 40.4 Å². The first-order valence-corrected chi connectivity index (χ1v) is 6.97. The van der Waals surface area contributed by atoms with Gasteiger partial charge >= 0.3 is 11.9 Å². The second kappa shape index (κ2) is 8.01. The molecule has 0 aliphatic rings. The molecule has 1 unspecified atom stereocenters. The molecular weight excluding hydrogens is 266 g/mol. The van der Waals surface area contributed by atoms with E-state index in [2.05, 4.69) is 4.74 Å². The summed E-state index contributed by atoms with van der Waals surface area (Å²) in [4.78, 5) is 21.6. The molecule has 18 heavy (non-hydrogen) atoms. The summed E-state index contributed by atoms with van der Waals surface area (Å²) in [6.45, 7) is 1.28. The van der Waals surface area contributed by atoms with E-state index in [-0.39, 0.29) is 19.4 Å². The van der Waals surface area contributed by atoms with E-state index in [0.717, 1.165) is 0 Å². The van der Waals surface area contributed by atoms with Gasteiger partial charge in [0.1, 0.15) is 6.04 Å². The summed E-state index contributed by atoms with van der Waals surface area (Å²) in [5.41, 5.74) is 0. The second-order valence-corrected chi connectivity index (χ2v) is 5.27. The number of ether oxygens (including phenoxy) is 1. The van der Waals surface area contributed by atoms with Gasteiger partial charge in [-0.05, 0) is 13.3 Å². The maximum absolute atomic E-state index is 11.5. The molecule has 3 N–H and O–H groups in total. The third-order valence-corrected chi connectivity index (χ3v) is 3.30. The van der Waals surface area contributed by atoms with Crippen LogP contribution in [-0.2, 0) is 24.3 Å². The summed E-state index contributed by atoms with van der Waals surface area (Å²) < 4.78 is 29.4. The minimum absolute atomic E-state index is 0.147. The van der Waals surface area contributed by atoms with Gasteiger partial charge in [-0.3, -0.25) is 9.59 Å². The number of carbonyl (C=O) groups excluding carboxylic acids is 1. The lowest BCUT2D eigenvalue weighted by Crippen LogP contribution is -2.42. The Morgan fingerprint density at radius 1 is 1.39 bits per heavy atom. The van der Waals surface area contributed by atoms with Crippen LogP contribution in [-0.4, -0.2) is 55.6 Å². The molecule has 0 aromatic carbocycles. The van der Waals surface area contributed by atoms with Crippen LogP contribution >= 0.6 is 0 Å². The van der Waals surface area contributed by atoms with E-state index in [0.29, 0.717) is 0 Å². The SMILES string of the molecule is CCOC(=O)CCS(=O)(=O)NC(CCO)C(=O)O. The second-order valence-electron chi connectivity index (χ2n) is 3.39. The number of rotatable bonds is 9. The topological polar surface area (TPSA) is 130 Å². The first-order chi connectivity index (χ1) is 8.32. The number of carbonyl (C=O) groups is 2. The Labute approximate surface area is 105 Å². The maximum atomic E-state index is 11.5. The van der Waals surface area contributed by atoms with Crippen LogP contribution in [0.15, 0.2) is 0 Å². The van der Waals surface area contributed by atoms with Crippen LogP contribution in [0.25, 0.3) is 0 Å². The Balaban J connectivity index is 4.36. The molecule has 0 amide bonds. The van der Waals surface area contributed by atoms with Gasteiger partial charge in [-0.15, -0.1) is 0 Å². The van der Waals surface area contributed by atoms with Crippen molar-refractivity contribution in [2.75, 3.05) is 19.0 Å². The third kappa shape index (κ3) is 7.20. The number of aliphatic hydroxyl groups is 1. The van der Waals surface area contributed by atoms with Gasteiger partial charge in [0.2, 0.25) is 10.0 Å². The molecular formula is C9H17NO7S. The Hall–Kier alpha value is -1.19. The van der Waals surface area contributed by atoms with E-state index in [4.69, 9.17) is 10.2 Å². The molecule has 9 heteroatoms. The predicted molar refractivity (Wildman–Crippen MR) is 61.3 cm³/mol. The van der Waals surface area contributed by atoms with Crippen molar-refractivity contribution in [2.24, 2.45) is 0 Å². The molecule has 0 aliphatic carbocycles. The summed E-state index contributed by atoms with van der Waals surface area (Å²) in [5, 5.41) is 17.3. The molecule has 1 atom stereocenters. The molecule has 0 fully saturated rings. The molecule has 0 aliphatic heterocycles. The van der Waals surface area contributed by atoms with Crippen LogP contribution in [0.4, 0.5) is 0 Å². The average Bonchev–Trinajstić information content (AvgIpc) is 2.26. The highest BCUT2D eigenvalue weighted by molar-refractivity contribution is 7.89. The van der Waals surface area contributed by atoms with Gasteiger partial charge < -0.3 is 14.9 Å². The Bertz CT molecular complexity index is 378. The largest absolute Gasteiger partial charge is 0.480 e. The Kier molecular flexibility index (Phi) is 7.48. The molecule has 0 aromatic rings. The van der Waals surface area contributed by atoms with Crippen molar-refractivity contribution in [1.29, 1.82) is 0 Å². The zero-order chi connectivity index (χ0) is 14.2. The van der Waals surface area contributed by atoms with Gasteiger partial charge in [-0.25, -0.2) is 13.1 Å². The van der Waals surface area contributed by atoms with Gasteiger partial charge in [0.25, 0.3) is 0 Å². The van der Waals surface area contributed by atoms with E-state index in [1.165, 1.54) is 0 Å². The van der Waals surface area contributed by atoms with E-state index in [1.807, 2.05) is 4.72 Å². The summed E-state index contributed by atoms with van der Waals surface area (Å²) in [5.74, 6) is -2.61. The summed E-state index contributed by atoms with van der Waals surface area (Å²) >= 11 is 0. The molecule has 0 saturated carbocycles. The van der Waals surface area contributed by atoms with Crippen molar-refractivity contribution in [3.05, 3.63) is 0 Å². The zero-order valence-corrected chi connectivity index (χ0v) is 10.8. The third-order valence-electron chi connectivity index (χ3n) is 1.92. The fraction of sp³-hybridized carbons (Fsp3) is 0.778. The minimum Gasteiger partial charge on any atom is -0.480 e. The molecule has 0 bridgehead atoms. The van der Waals surface area contributed by atoms with Crippen LogP contribution in [0, 0.1) is 0 Å². The van der Waals surface area contributed by atoms with Gasteiger partial charge in [-0.1, -0.05) is 0 Å². The lowest BCUT2D eigenvalue weighted by atomic mass is 10.2. The Morgan fingerprint density at radius 3 is 2.44 bits per heavy atom. The van der Waals surface area contributed by atoms with Gasteiger partial charge in [0, 0.05) is 6.61 Å². The van der Waals surface area contributed by atoms with Gasteiger partial charge in [0.15, 0.2) is 0 Å². The lowest BCUT2D eigenvalue weighted by Gasteiger charge is -2.13. The minimum atomic E-state index is -3.90. The van der Waals surface area contributed by atoms with Crippen molar-refractivity contribution >= 4 is 22.0 Å². The number of sulfonamides is 1. The zero-order valence-electron chi connectivity index (χ0n) is 9.96. The summed E-state index contributed by atoms with van der Waals surface area (Å²) in [6, 6.07) is -1.40. The van der Waals surface area contributed by atoms with Crippen molar-refractivity contribution < 1.29 is 33.0 Å². The maximum Gasteiger partial charge on any atom is 0.321 e. The van der Waals surface area contributed by atoms with Crippen molar-refractivity contribution in [3.8, 4) is 0 Å². The molecule has 0 rings (SSSR count). The standard InChI is InChI=1S/C9H17NO7S/c1-2-17-8(12)4-6-18(15,16)10-7(3-5-11)9(13)14/h7,10-11H,2-6H2,1H3,(H,13,14). The van der Waals surface area contributed by atoms with Crippen LogP contribution in [0.5, 0.6) is 0 Å². The molecule has 0 saturated heterocycles. The van der Waals surface area contributed by atoms with Crippen molar-refractivity contribution in [2.45, 2.75) is 25.8 Å². The molecule has 0 aromatic heterocycles. The van der Waals surface area contributed by atoms with Crippen molar-refractivity contribution in [3.63, 3.8) is 0 Å². The Morgan fingerprint density at radius 2 is 2.00 bits per heavy atom. The normalized spacial score (nSPS) is 13.0. The summed E-state index contributed by atoms with van der Waals surface area (Å²) in [7, 11) is -3.90. The van der Waals surface area contributed by atoms with E-state index in [1.54, 1.807) is 6.92 Å². The highest BCUT2D eigenvalue weighted by atomic mass is 32.2. The summed E-state index contributed by atoms with van der Waals surface area (Å²) in [6.07, 6.45) is -0.595. The fourth-order valence-electron chi connectivity index (χ4n) is 1.09. The van der Waals surface area contributed by atoms with Gasteiger partial charge in [0.05, 0.1) is 18.8 Å². The van der Waals surface area contributed by atoms with E-state index >= 15 is 0 Å². The number of carboxylic acids is 1. The number of esters is 1. The first kappa shape index (κ1) is 16.8. The van der Waals surface area contributed by atoms with Gasteiger partial charge in [-0.2, -0.15) is 0 Å². The molecule has 0 heterocycles. The highest BCUT2D eigenvalue weighted by Crippen LogP contribution is 1.99. The first-order valence-electron chi connectivity index (χ1n) is 5.31. The fourth-order valence-corrected chi connectivity index (χ4v) is 2.29. The molecule has 106 valence electrons. The molecule has 0 spiro atoms. The van der Waals surface area contributed by atoms with Crippen LogP contribution in [0.3, 0.4) is 0 Å². The highest BCUT2D eigenvalue weighted by Gasteiger charge is 2.24. The average molecular weight is 283 g/mol. The molecule has 8 nitrogen and oxygen atoms in total. The lowest BCUT2D eigenvalue weighted by molar-refractivity contribution is -0.142. The monoisotopic (exact) mass is 283 g/mol. The quantitative estimate of drug-likeness (QED) is 0.448. The number of aliphatic carboxylic acids is 1. The van der Waals surface area contributed by atoms with Crippen LogP contribution < -0.4 is 4.72 Å². The van der Waals surface area contributed by atoms with Crippen LogP contribution in [0.1, 0.15) is 19.8 Å². The molecule has 0 radical (unpaired) electrons. The number of nitrogens with one attached hydrogen (secondary N) is 1. The smallest absolute Gasteiger partial charge is 0.321 e. The predicted octanol–water partition coefficient (Wildman–Crippen LogP) is -1.31. The van der Waals surface area contributed by atoms with Crippen molar-refractivity contribution in [1.82, 2.24) is 4.72 Å².